The molecule has 3 aromatic heterocycles. The van der Waals surface area contributed by atoms with Gasteiger partial charge in [0, 0.05) is 30.9 Å². The van der Waals surface area contributed by atoms with Crippen LogP contribution in [0.15, 0.2) is 84.9 Å². The predicted octanol–water partition coefficient (Wildman–Crippen LogP) is 7.76. The average molecular weight is 407 g/mol. The highest BCUT2D eigenvalue weighted by Crippen LogP contribution is 2.41. The molecule has 0 saturated heterocycles. The predicted molar refractivity (Wildman–Crippen MR) is 127 cm³/mol. The zero-order chi connectivity index (χ0) is 18.9. The Labute approximate surface area is 174 Å². The number of thiazole rings is 1. The lowest BCUT2D eigenvalue weighted by molar-refractivity contribution is 1.15. The van der Waals surface area contributed by atoms with Crippen LogP contribution in [0.2, 0.25) is 0 Å². The first kappa shape index (κ1) is 15.7. The summed E-state index contributed by atoms with van der Waals surface area (Å²) in [7, 11) is 0. The molecule has 0 unspecified atom stereocenters. The van der Waals surface area contributed by atoms with Crippen molar-refractivity contribution in [3.8, 4) is 5.13 Å². The molecule has 0 aliphatic rings. The van der Waals surface area contributed by atoms with E-state index in [1.165, 1.54) is 46.7 Å². The van der Waals surface area contributed by atoms with Gasteiger partial charge in [-0.1, -0.05) is 59.9 Å². The van der Waals surface area contributed by atoms with E-state index < -0.39 is 0 Å². The van der Waals surface area contributed by atoms with E-state index in [1.54, 1.807) is 11.3 Å². The second kappa shape index (κ2) is 5.66. The largest absolute Gasteiger partial charge is 0.285 e. The monoisotopic (exact) mass is 406 g/mol. The van der Waals surface area contributed by atoms with Crippen LogP contribution >= 0.6 is 22.7 Å². The van der Waals surface area contributed by atoms with Crippen LogP contribution in [0.5, 0.6) is 0 Å². The second-order valence-electron chi connectivity index (χ2n) is 7.28. The van der Waals surface area contributed by atoms with Crippen LogP contribution in [-0.4, -0.2) is 9.55 Å². The molecule has 29 heavy (non-hydrogen) atoms. The first-order valence-electron chi connectivity index (χ1n) is 9.57. The van der Waals surface area contributed by atoms with Crippen LogP contribution in [0.1, 0.15) is 0 Å². The van der Waals surface area contributed by atoms with Crippen molar-refractivity contribution in [2.45, 2.75) is 0 Å². The summed E-state index contributed by atoms with van der Waals surface area (Å²) in [4.78, 5) is 4.97. The van der Waals surface area contributed by atoms with Crippen molar-refractivity contribution in [2.24, 2.45) is 0 Å². The fraction of sp³-hybridized carbons (Fsp3) is 0. The van der Waals surface area contributed by atoms with Crippen LogP contribution in [0.4, 0.5) is 0 Å². The van der Waals surface area contributed by atoms with Gasteiger partial charge in [0.1, 0.15) is 0 Å². The van der Waals surface area contributed by atoms with Crippen LogP contribution in [0.25, 0.3) is 57.3 Å². The summed E-state index contributed by atoms with van der Waals surface area (Å²) in [5, 5.41) is 6.25. The fourth-order valence-corrected chi connectivity index (χ4v) is 6.47. The molecule has 0 aliphatic carbocycles. The SMILES string of the molecule is c1ccc2sc(-n3c4ccccc4c4cc5sc6ccccc6c5cc43)nc2c1. The highest BCUT2D eigenvalue weighted by Gasteiger charge is 2.17. The molecular formula is C25H14N2S2. The molecule has 2 nitrogen and oxygen atoms in total. The molecule has 7 aromatic rings. The molecule has 0 aliphatic heterocycles. The third kappa shape index (κ3) is 2.13. The third-order valence-corrected chi connectivity index (χ3v) is 7.80. The molecule has 4 heteroatoms. The maximum atomic E-state index is 4.97. The fourth-order valence-electron chi connectivity index (χ4n) is 4.35. The molecular weight excluding hydrogens is 392 g/mol. The lowest BCUT2D eigenvalue weighted by Gasteiger charge is -2.03. The van der Waals surface area contributed by atoms with Gasteiger partial charge in [0.15, 0.2) is 5.13 Å². The standard InChI is InChI=1S/C25H14N2S2/c1-4-10-20-15(7-1)17-14-24-18(16-8-2-5-11-22(16)28-24)13-21(17)27(20)25-26-19-9-3-6-12-23(19)29-25/h1-14H. The Bertz CT molecular complexity index is 1680. The van der Waals surface area contributed by atoms with Crippen LogP contribution in [-0.2, 0) is 0 Å². The van der Waals surface area contributed by atoms with Gasteiger partial charge < -0.3 is 0 Å². The number of aromatic nitrogens is 2. The van der Waals surface area contributed by atoms with Crippen molar-refractivity contribution in [1.82, 2.24) is 9.55 Å². The number of benzene rings is 4. The summed E-state index contributed by atoms with van der Waals surface area (Å²) >= 11 is 3.62. The maximum absolute atomic E-state index is 4.97. The van der Waals surface area contributed by atoms with Gasteiger partial charge in [-0.05, 0) is 36.4 Å². The van der Waals surface area contributed by atoms with Gasteiger partial charge in [-0.3, -0.25) is 4.57 Å². The Kier molecular flexibility index (Phi) is 3.06. The zero-order valence-electron chi connectivity index (χ0n) is 15.3. The Morgan fingerprint density at radius 2 is 1.31 bits per heavy atom. The second-order valence-corrected chi connectivity index (χ2v) is 9.37. The van der Waals surface area contributed by atoms with Gasteiger partial charge in [-0.15, -0.1) is 11.3 Å². The van der Waals surface area contributed by atoms with Gasteiger partial charge in [0.05, 0.1) is 21.3 Å². The van der Waals surface area contributed by atoms with E-state index >= 15 is 0 Å². The van der Waals surface area contributed by atoms with E-state index in [4.69, 9.17) is 4.98 Å². The molecule has 0 amide bonds. The Morgan fingerprint density at radius 3 is 2.21 bits per heavy atom. The topological polar surface area (TPSA) is 17.8 Å². The molecule has 0 spiro atoms. The molecule has 7 rings (SSSR count). The van der Waals surface area contributed by atoms with Gasteiger partial charge >= 0.3 is 0 Å². The number of hydrogen-bond donors (Lipinski definition) is 0. The van der Waals surface area contributed by atoms with Gasteiger partial charge in [-0.25, -0.2) is 4.98 Å². The number of nitrogens with zero attached hydrogens (tertiary/aromatic N) is 2. The zero-order valence-corrected chi connectivity index (χ0v) is 16.9. The van der Waals surface area contributed by atoms with E-state index in [9.17, 15) is 0 Å². The molecule has 3 heterocycles. The van der Waals surface area contributed by atoms with E-state index in [-0.39, 0.29) is 0 Å². The minimum atomic E-state index is 1.02. The Balaban J connectivity index is 1.68. The van der Waals surface area contributed by atoms with Crippen LogP contribution < -0.4 is 0 Å². The van der Waals surface area contributed by atoms with Crippen molar-refractivity contribution in [2.75, 3.05) is 0 Å². The average Bonchev–Trinajstić information content (AvgIpc) is 3.43. The first-order valence-corrected chi connectivity index (χ1v) is 11.2. The molecule has 0 fully saturated rings. The van der Waals surface area contributed by atoms with Crippen LogP contribution in [0, 0.1) is 0 Å². The molecule has 0 atom stereocenters. The highest BCUT2D eigenvalue weighted by atomic mass is 32.1. The number of para-hydroxylation sites is 2. The van der Waals surface area contributed by atoms with E-state index in [2.05, 4.69) is 89.5 Å². The minimum Gasteiger partial charge on any atom is -0.285 e. The molecule has 4 aromatic carbocycles. The smallest absolute Gasteiger partial charge is 0.195 e. The first-order chi connectivity index (χ1) is 14.4. The molecule has 136 valence electrons. The summed E-state index contributed by atoms with van der Waals surface area (Å²) in [6, 6.07) is 30.4. The minimum absolute atomic E-state index is 1.02. The molecule has 0 bridgehead atoms. The van der Waals surface area contributed by atoms with Gasteiger partial charge in [-0.2, -0.15) is 0 Å². The normalized spacial score (nSPS) is 12.1. The van der Waals surface area contributed by atoms with E-state index in [0.29, 0.717) is 0 Å². The van der Waals surface area contributed by atoms with E-state index in [0.717, 1.165) is 10.6 Å². The summed E-state index contributed by atoms with van der Waals surface area (Å²) in [5.41, 5.74) is 3.49. The van der Waals surface area contributed by atoms with Crippen LogP contribution in [0.3, 0.4) is 0 Å². The number of rotatable bonds is 1. The molecule has 0 N–H and O–H groups in total. The third-order valence-electron chi connectivity index (χ3n) is 5.64. The Hall–Kier alpha value is -3.21. The summed E-state index contributed by atoms with van der Waals surface area (Å²) in [6.45, 7) is 0. The lowest BCUT2D eigenvalue weighted by atomic mass is 10.1. The van der Waals surface area contributed by atoms with Crippen molar-refractivity contribution >= 4 is 74.9 Å². The Morgan fingerprint density at radius 1 is 0.552 bits per heavy atom. The quantitative estimate of drug-likeness (QED) is 0.272. The van der Waals surface area contributed by atoms with Crippen molar-refractivity contribution in [3.05, 3.63) is 84.9 Å². The van der Waals surface area contributed by atoms with Crippen molar-refractivity contribution < 1.29 is 0 Å². The number of thiophene rings is 1. The van der Waals surface area contributed by atoms with Crippen molar-refractivity contribution in [1.29, 1.82) is 0 Å². The highest BCUT2D eigenvalue weighted by molar-refractivity contribution is 7.26. The summed E-state index contributed by atoms with van der Waals surface area (Å²) in [5.74, 6) is 0. The lowest BCUT2D eigenvalue weighted by Crippen LogP contribution is -1.92. The molecule has 0 saturated carbocycles. The van der Waals surface area contributed by atoms with Crippen molar-refractivity contribution in [3.63, 3.8) is 0 Å². The van der Waals surface area contributed by atoms with Gasteiger partial charge in [0.25, 0.3) is 0 Å². The number of fused-ring (bicyclic) bond motifs is 7. The summed E-state index contributed by atoms with van der Waals surface area (Å²) < 4.78 is 6.23. The number of hydrogen-bond acceptors (Lipinski definition) is 3. The summed E-state index contributed by atoms with van der Waals surface area (Å²) in [6.07, 6.45) is 0. The van der Waals surface area contributed by atoms with Gasteiger partial charge in [0.2, 0.25) is 0 Å². The molecule has 0 radical (unpaired) electrons. The van der Waals surface area contributed by atoms with E-state index in [1.807, 2.05) is 11.3 Å². The maximum Gasteiger partial charge on any atom is 0.195 e.